The molecule has 0 aromatic carbocycles. The van der Waals surface area contributed by atoms with Crippen LogP contribution in [0.5, 0.6) is 0 Å². The van der Waals surface area contributed by atoms with Crippen molar-refractivity contribution in [1.82, 2.24) is 0 Å². The number of hydrogen-bond donors (Lipinski definition) is 0. The van der Waals surface area contributed by atoms with Crippen molar-refractivity contribution in [2.75, 3.05) is 0 Å². The zero-order valence-electron chi connectivity index (χ0n) is 10.9. The van der Waals surface area contributed by atoms with Gasteiger partial charge < -0.3 is 0 Å². The Balaban J connectivity index is -0.000000141. The van der Waals surface area contributed by atoms with Crippen LogP contribution in [0.15, 0.2) is 5.57 Å². The van der Waals surface area contributed by atoms with E-state index in [9.17, 15) is 0 Å². The van der Waals surface area contributed by atoms with Crippen LogP contribution in [0.4, 0.5) is 0 Å². The van der Waals surface area contributed by atoms with Crippen molar-refractivity contribution in [3.63, 3.8) is 0 Å². The second-order valence-electron chi connectivity index (χ2n) is 4.09. The van der Waals surface area contributed by atoms with E-state index < -0.39 is 0 Å². The maximum Gasteiger partial charge on any atom is 0 e. The third-order valence-electron chi connectivity index (χ3n) is 2.57. The van der Waals surface area contributed by atoms with Gasteiger partial charge in [0, 0.05) is 28.2 Å². The Morgan fingerprint density at radius 3 is 1.73 bits per heavy atom. The van der Waals surface area contributed by atoms with Crippen LogP contribution < -0.4 is 0 Å². The van der Waals surface area contributed by atoms with E-state index in [0.29, 0.717) is 0 Å². The number of rotatable bonds is 9. The standard InChI is InChI=1S/C14H27.Sn.3H2/c1-4-7-10-13-14(11-8-5-2)12-9-6-3;;;;/h4-12H2,1-3H3;;3*1H. The van der Waals surface area contributed by atoms with Crippen molar-refractivity contribution >= 4 is 23.9 Å². The maximum atomic E-state index is 3.61. The van der Waals surface area contributed by atoms with Gasteiger partial charge in [-0.2, -0.15) is 0 Å². The van der Waals surface area contributed by atoms with E-state index in [0.717, 1.165) is 0 Å². The maximum absolute atomic E-state index is 3.61. The number of unbranched alkanes of at least 4 members (excludes halogenated alkanes) is 4. The zero-order chi connectivity index (χ0) is 10.6. The Kier molecular flexibility index (Phi) is 17.4. The minimum Gasteiger partial charge on any atom is -0.0667 e. The molecule has 0 atom stereocenters. The van der Waals surface area contributed by atoms with E-state index in [4.69, 9.17) is 0 Å². The zero-order valence-corrected chi connectivity index (χ0v) is 13.7. The summed E-state index contributed by atoms with van der Waals surface area (Å²) in [4.78, 5) is 0. The molecular weight excluding hydrogens is 287 g/mol. The van der Waals surface area contributed by atoms with Crippen LogP contribution in [0.2, 0.25) is 0 Å². The average Bonchev–Trinajstić information content (AvgIpc) is 2.21. The van der Waals surface area contributed by atoms with Crippen molar-refractivity contribution in [1.29, 1.82) is 0 Å². The van der Waals surface area contributed by atoms with Crippen molar-refractivity contribution in [2.45, 2.75) is 78.6 Å². The van der Waals surface area contributed by atoms with E-state index in [1.54, 1.807) is 5.57 Å². The fourth-order valence-corrected chi connectivity index (χ4v) is 1.52. The molecule has 0 unspecified atom stereocenters. The summed E-state index contributed by atoms with van der Waals surface area (Å²) in [6, 6.07) is 0. The summed E-state index contributed by atoms with van der Waals surface area (Å²) in [6.45, 7) is 6.78. The Labute approximate surface area is 118 Å². The van der Waals surface area contributed by atoms with Crippen molar-refractivity contribution in [3.8, 4) is 0 Å². The van der Waals surface area contributed by atoms with Gasteiger partial charge in [-0.25, -0.2) is 0 Å². The van der Waals surface area contributed by atoms with E-state index in [1.807, 2.05) is 0 Å². The molecule has 0 heterocycles. The first-order valence-electron chi connectivity index (χ1n) is 6.43. The normalized spacial score (nSPS) is 9.53. The van der Waals surface area contributed by atoms with Gasteiger partial charge in [-0.15, -0.1) is 0 Å². The molecule has 93 valence electrons. The molecule has 0 N–H and O–H groups in total. The second kappa shape index (κ2) is 14.5. The summed E-state index contributed by atoms with van der Waals surface area (Å²) < 4.78 is 0. The summed E-state index contributed by atoms with van der Waals surface area (Å²) in [7, 11) is 0. The Bertz CT molecular complexity index is 140. The van der Waals surface area contributed by atoms with Crippen molar-refractivity contribution < 1.29 is 4.28 Å². The van der Waals surface area contributed by atoms with Crippen LogP contribution in [0.1, 0.15) is 82.8 Å². The quantitative estimate of drug-likeness (QED) is 0.381. The van der Waals surface area contributed by atoms with Gasteiger partial charge in [-0.3, -0.25) is 0 Å². The molecule has 0 fully saturated rings. The third kappa shape index (κ3) is 12.5. The fraction of sp³-hybridized carbons (Fsp3) is 0.857. The summed E-state index contributed by atoms with van der Waals surface area (Å²) in [5.41, 5.74) is 1.60. The van der Waals surface area contributed by atoms with Gasteiger partial charge >= 0.3 is 0 Å². The predicted octanol–water partition coefficient (Wildman–Crippen LogP) is 5.64. The Hall–Kier alpha value is 0.539. The van der Waals surface area contributed by atoms with Gasteiger partial charge in [0.15, 0.2) is 0 Å². The largest absolute Gasteiger partial charge is 0.0667 e. The van der Waals surface area contributed by atoms with Gasteiger partial charge in [0.25, 0.3) is 0 Å². The molecule has 0 nitrogen and oxygen atoms in total. The molecule has 0 aliphatic rings. The number of allylic oxidation sites excluding steroid dienone is 2. The number of hydrogen-bond acceptors (Lipinski definition) is 0. The van der Waals surface area contributed by atoms with Gasteiger partial charge in [-0.1, -0.05) is 45.6 Å². The van der Waals surface area contributed by atoms with Crippen LogP contribution in [-0.2, 0) is 0 Å². The first-order chi connectivity index (χ1) is 6.85. The molecule has 0 aliphatic carbocycles. The fourth-order valence-electron chi connectivity index (χ4n) is 1.52. The monoisotopic (exact) mass is 321 g/mol. The van der Waals surface area contributed by atoms with E-state index in [1.165, 1.54) is 57.8 Å². The van der Waals surface area contributed by atoms with E-state index in [2.05, 4.69) is 26.8 Å². The van der Waals surface area contributed by atoms with Crippen LogP contribution in [0.25, 0.3) is 0 Å². The van der Waals surface area contributed by atoms with Gasteiger partial charge in [0.05, 0.1) is 0 Å². The van der Waals surface area contributed by atoms with Crippen LogP contribution in [-0.4, -0.2) is 23.9 Å². The first kappa shape index (κ1) is 17.9. The molecule has 1 heteroatoms. The SMILES string of the molecule is CCCC[C]=C(CCCC)CCCC.[HH].[HH].[HH].[Sn]. The van der Waals surface area contributed by atoms with Gasteiger partial charge in [0.1, 0.15) is 0 Å². The van der Waals surface area contributed by atoms with Crippen molar-refractivity contribution in [3.05, 3.63) is 11.6 Å². The van der Waals surface area contributed by atoms with E-state index >= 15 is 0 Å². The molecule has 0 amide bonds. The van der Waals surface area contributed by atoms with Gasteiger partial charge in [-0.05, 0) is 44.6 Å². The van der Waals surface area contributed by atoms with Crippen LogP contribution in [0, 0.1) is 6.08 Å². The molecular formula is C14H33Sn. The summed E-state index contributed by atoms with van der Waals surface area (Å²) >= 11 is 0. The summed E-state index contributed by atoms with van der Waals surface area (Å²) in [5, 5.41) is 0. The predicted molar refractivity (Wildman–Crippen MR) is 77.4 cm³/mol. The molecule has 0 saturated heterocycles. The van der Waals surface area contributed by atoms with Crippen molar-refractivity contribution in [2.24, 2.45) is 0 Å². The summed E-state index contributed by atoms with van der Waals surface area (Å²) in [5.74, 6) is 0. The molecule has 0 bridgehead atoms. The molecule has 15 heavy (non-hydrogen) atoms. The van der Waals surface area contributed by atoms with Crippen LogP contribution in [0.3, 0.4) is 0 Å². The molecule has 0 saturated carbocycles. The van der Waals surface area contributed by atoms with E-state index in [-0.39, 0.29) is 28.2 Å². The average molecular weight is 320 g/mol. The second-order valence-corrected chi connectivity index (χ2v) is 4.09. The van der Waals surface area contributed by atoms with Gasteiger partial charge in [0.2, 0.25) is 0 Å². The Morgan fingerprint density at radius 1 is 0.867 bits per heavy atom. The third-order valence-corrected chi connectivity index (χ3v) is 2.57. The molecule has 0 spiro atoms. The Morgan fingerprint density at radius 2 is 1.33 bits per heavy atom. The molecule has 0 aliphatic heterocycles. The molecule has 0 aromatic heterocycles. The molecule has 0 aromatic rings. The minimum atomic E-state index is 0. The molecule has 5 radical (unpaired) electrons. The topological polar surface area (TPSA) is 0 Å². The summed E-state index contributed by atoms with van der Waals surface area (Å²) in [6.07, 6.45) is 15.3. The smallest absolute Gasteiger partial charge is 0 e. The minimum absolute atomic E-state index is 0. The molecule has 0 rings (SSSR count). The van der Waals surface area contributed by atoms with Crippen LogP contribution >= 0.6 is 0 Å². The first-order valence-corrected chi connectivity index (χ1v) is 6.43.